The number of rotatable bonds is 5. The van der Waals surface area contributed by atoms with Gasteiger partial charge in [0.2, 0.25) is 5.91 Å². The minimum Gasteiger partial charge on any atom is -0.339 e. The van der Waals surface area contributed by atoms with Gasteiger partial charge in [-0.2, -0.15) is 4.31 Å². The standard InChI is InChI=1S/C13H20ClN3O3S2.ClH/c1-2-3-10(15)13(18)16-6-8-17(9-7-16)22(19,20)12-5-4-11(14)21-12;/h4-5,10H,2-3,6-9,15H2,1H3;1H. The molecule has 0 aliphatic carbocycles. The summed E-state index contributed by atoms with van der Waals surface area (Å²) in [5.74, 6) is -0.0990. The summed E-state index contributed by atoms with van der Waals surface area (Å²) in [6.07, 6.45) is 1.49. The molecule has 1 aromatic heterocycles. The largest absolute Gasteiger partial charge is 0.339 e. The lowest BCUT2D eigenvalue weighted by atomic mass is 10.1. The van der Waals surface area contributed by atoms with Crippen LogP contribution in [0.25, 0.3) is 0 Å². The number of amides is 1. The second-order valence-electron chi connectivity index (χ2n) is 5.18. The van der Waals surface area contributed by atoms with Crippen LogP contribution in [-0.2, 0) is 14.8 Å². The number of nitrogens with two attached hydrogens (primary N) is 1. The van der Waals surface area contributed by atoms with Gasteiger partial charge in [-0.1, -0.05) is 24.9 Å². The van der Waals surface area contributed by atoms with Crippen molar-refractivity contribution in [1.82, 2.24) is 9.21 Å². The fraction of sp³-hybridized carbons (Fsp3) is 0.615. The van der Waals surface area contributed by atoms with E-state index in [1.807, 2.05) is 6.92 Å². The maximum absolute atomic E-state index is 12.5. The topological polar surface area (TPSA) is 83.7 Å². The lowest BCUT2D eigenvalue weighted by Gasteiger charge is -2.34. The molecular formula is C13H21Cl2N3O3S2. The monoisotopic (exact) mass is 401 g/mol. The number of carbonyl (C=O) groups excluding carboxylic acids is 1. The summed E-state index contributed by atoms with van der Waals surface area (Å²) in [6, 6.07) is 2.59. The Labute approximate surface area is 152 Å². The average molecular weight is 402 g/mol. The van der Waals surface area contributed by atoms with Crippen LogP contribution in [0.4, 0.5) is 0 Å². The van der Waals surface area contributed by atoms with E-state index in [0.29, 0.717) is 23.8 Å². The fourth-order valence-electron chi connectivity index (χ4n) is 2.38. The Morgan fingerprint density at radius 1 is 1.35 bits per heavy atom. The quantitative estimate of drug-likeness (QED) is 0.814. The van der Waals surface area contributed by atoms with Crippen LogP contribution in [0.5, 0.6) is 0 Å². The first kappa shape index (κ1) is 20.7. The fourth-order valence-corrected chi connectivity index (χ4v) is 5.44. The van der Waals surface area contributed by atoms with E-state index in [9.17, 15) is 13.2 Å². The highest BCUT2D eigenvalue weighted by molar-refractivity contribution is 7.91. The number of halogens is 2. The molecule has 0 saturated carbocycles. The number of thiophene rings is 1. The van der Waals surface area contributed by atoms with Gasteiger partial charge in [0, 0.05) is 26.2 Å². The molecule has 1 fully saturated rings. The molecule has 0 bridgehead atoms. The van der Waals surface area contributed by atoms with Crippen molar-refractivity contribution in [3.63, 3.8) is 0 Å². The number of nitrogens with zero attached hydrogens (tertiary/aromatic N) is 2. The minimum atomic E-state index is -3.52. The van der Waals surface area contributed by atoms with Crippen molar-refractivity contribution in [2.24, 2.45) is 5.73 Å². The first-order valence-electron chi connectivity index (χ1n) is 7.16. The zero-order valence-electron chi connectivity index (χ0n) is 12.8. The molecule has 132 valence electrons. The van der Waals surface area contributed by atoms with Gasteiger partial charge in [-0.05, 0) is 18.6 Å². The second-order valence-corrected chi connectivity index (χ2v) is 9.06. The molecule has 2 heterocycles. The van der Waals surface area contributed by atoms with Crippen molar-refractivity contribution < 1.29 is 13.2 Å². The van der Waals surface area contributed by atoms with Crippen LogP contribution >= 0.6 is 35.3 Å². The van der Waals surface area contributed by atoms with Gasteiger partial charge in [-0.3, -0.25) is 4.79 Å². The zero-order chi connectivity index (χ0) is 16.3. The van der Waals surface area contributed by atoms with Gasteiger partial charge in [0.25, 0.3) is 10.0 Å². The van der Waals surface area contributed by atoms with E-state index >= 15 is 0 Å². The Morgan fingerprint density at radius 2 is 1.96 bits per heavy atom. The molecule has 2 N–H and O–H groups in total. The molecule has 1 atom stereocenters. The van der Waals surface area contributed by atoms with E-state index in [2.05, 4.69) is 0 Å². The molecule has 1 aromatic rings. The summed E-state index contributed by atoms with van der Waals surface area (Å²) in [5, 5.41) is 0. The summed E-state index contributed by atoms with van der Waals surface area (Å²) >= 11 is 6.85. The van der Waals surface area contributed by atoms with Crippen LogP contribution in [0.2, 0.25) is 4.34 Å². The molecule has 2 rings (SSSR count). The van der Waals surface area contributed by atoms with Gasteiger partial charge in [-0.25, -0.2) is 8.42 Å². The molecule has 1 amide bonds. The van der Waals surface area contributed by atoms with Crippen LogP contribution in [0, 0.1) is 0 Å². The highest BCUT2D eigenvalue weighted by atomic mass is 35.5. The summed E-state index contributed by atoms with van der Waals surface area (Å²) in [5.41, 5.74) is 5.84. The van der Waals surface area contributed by atoms with Crippen molar-refractivity contribution in [3.05, 3.63) is 16.5 Å². The lowest BCUT2D eigenvalue weighted by molar-refractivity contribution is -0.133. The molecule has 1 aliphatic heterocycles. The SMILES string of the molecule is CCCC(N)C(=O)N1CCN(S(=O)(=O)c2ccc(Cl)s2)CC1.Cl. The summed E-state index contributed by atoms with van der Waals surface area (Å²) in [4.78, 5) is 13.8. The van der Waals surface area contributed by atoms with E-state index in [1.165, 1.54) is 10.4 Å². The Kier molecular flexibility index (Phi) is 7.76. The van der Waals surface area contributed by atoms with E-state index < -0.39 is 16.1 Å². The van der Waals surface area contributed by atoms with Crippen LogP contribution < -0.4 is 5.73 Å². The van der Waals surface area contributed by atoms with Gasteiger partial charge in [0.1, 0.15) is 4.21 Å². The normalized spacial score (nSPS) is 17.6. The number of hydrogen-bond acceptors (Lipinski definition) is 5. The third kappa shape index (κ3) is 4.80. The van der Waals surface area contributed by atoms with Crippen molar-refractivity contribution >= 4 is 51.3 Å². The zero-order valence-corrected chi connectivity index (χ0v) is 16.0. The molecule has 6 nitrogen and oxygen atoms in total. The Hall–Kier alpha value is -0.380. The maximum atomic E-state index is 12.5. The van der Waals surface area contributed by atoms with Crippen molar-refractivity contribution in [2.45, 2.75) is 30.0 Å². The van der Waals surface area contributed by atoms with E-state index in [1.54, 1.807) is 11.0 Å². The Bertz CT molecular complexity index is 628. The highest BCUT2D eigenvalue weighted by Gasteiger charge is 2.32. The number of sulfonamides is 1. The van der Waals surface area contributed by atoms with Gasteiger partial charge < -0.3 is 10.6 Å². The Morgan fingerprint density at radius 3 is 2.43 bits per heavy atom. The van der Waals surface area contributed by atoms with Crippen molar-refractivity contribution in [3.8, 4) is 0 Å². The molecule has 1 saturated heterocycles. The third-order valence-electron chi connectivity index (χ3n) is 3.61. The average Bonchev–Trinajstić information content (AvgIpc) is 2.94. The maximum Gasteiger partial charge on any atom is 0.252 e. The molecule has 23 heavy (non-hydrogen) atoms. The third-order valence-corrected chi connectivity index (χ3v) is 7.21. The van der Waals surface area contributed by atoms with Crippen LogP contribution in [0.15, 0.2) is 16.3 Å². The molecule has 0 radical (unpaired) electrons. The summed E-state index contributed by atoms with van der Waals surface area (Å²) in [7, 11) is -3.52. The van der Waals surface area contributed by atoms with Crippen LogP contribution in [-0.4, -0.2) is 55.8 Å². The molecule has 1 aliphatic rings. The molecule has 0 aromatic carbocycles. The van der Waals surface area contributed by atoms with Crippen LogP contribution in [0.3, 0.4) is 0 Å². The molecule has 0 spiro atoms. The van der Waals surface area contributed by atoms with Crippen molar-refractivity contribution in [1.29, 1.82) is 0 Å². The number of hydrogen-bond donors (Lipinski definition) is 1. The molecule has 10 heteroatoms. The number of carbonyl (C=O) groups is 1. The van der Waals surface area contributed by atoms with Crippen LogP contribution in [0.1, 0.15) is 19.8 Å². The highest BCUT2D eigenvalue weighted by Crippen LogP contribution is 2.28. The molecule has 1 unspecified atom stereocenters. The summed E-state index contributed by atoms with van der Waals surface area (Å²) < 4.78 is 27.0. The van der Waals surface area contributed by atoms with Gasteiger partial charge in [0.15, 0.2) is 0 Å². The lowest BCUT2D eigenvalue weighted by Crippen LogP contribution is -2.54. The molecular weight excluding hydrogens is 381 g/mol. The summed E-state index contributed by atoms with van der Waals surface area (Å²) in [6.45, 7) is 3.28. The Balaban J connectivity index is 0.00000264. The predicted molar refractivity (Wildman–Crippen MR) is 94.8 cm³/mol. The van der Waals surface area contributed by atoms with E-state index in [-0.39, 0.29) is 35.6 Å². The van der Waals surface area contributed by atoms with Gasteiger partial charge >= 0.3 is 0 Å². The smallest absolute Gasteiger partial charge is 0.252 e. The van der Waals surface area contributed by atoms with E-state index in [0.717, 1.165) is 17.8 Å². The first-order chi connectivity index (χ1) is 10.4. The first-order valence-corrected chi connectivity index (χ1v) is 9.79. The van der Waals surface area contributed by atoms with E-state index in [4.69, 9.17) is 17.3 Å². The number of piperazine rings is 1. The minimum absolute atomic E-state index is 0. The van der Waals surface area contributed by atoms with Gasteiger partial charge in [0.05, 0.1) is 10.4 Å². The second kappa shape index (κ2) is 8.64. The van der Waals surface area contributed by atoms with Gasteiger partial charge in [-0.15, -0.1) is 23.7 Å². The van der Waals surface area contributed by atoms with Crippen molar-refractivity contribution in [2.75, 3.05) is 26.2 Å². The predicted octanol–water partition coefficient (Wildman–Crippen LogP) is 1.78.